The Morgan fingerprint density at radius 2 is 1.66 bits per heavy atom. The summed E-state index contributed by atoms with van der Waals surface area (Å²) in [6.45, 7) is 6.12. The van der Waals surface area contributed by atoms with Gasteiger partial charge in [-0.15, -0.1) is 11.8 Å². The third-order valence-corrected chi connectivity index (χ3v) is 7.19. The number of carbonyl (C=O) groups excluding carboxylic acids is 1. The predicted molar refractivity (Wildman–Crippen MR) is 141 cm³/mol. The minimum Gasteiger partial charge on any atom is -0.478 e. The molecule has 0 spiro atoms. The third kappa shape index (κ3) is 7.43. The molecule has 1 aliphatic carbocycles. The van der Waals surface area contributed by atoms with Gasteiger partial charge in [0.1, 0.15) is 0 Å². The molecule has 0 aliphatic heterocycles. The summed E-state index contributed by atoms with van der Waals surface area (Å²) in [4.78, 5) is 25.1. The summed E-state index contributed by atoms with van der Waals surface area (Å²) in [6, 6.07) is 16.2. The van der Waals surface area contributed by atoms with Crippen LogP contribution in [0.2, 0.25) is 0 Å². The van der Waals surface area contributed by atoms with Gasteiger partial charge in [-0.3, -0.25) is 4.79 Å². The smallest absolute Gasteiger partial charge is 0.331 e. The fraction of sp³-hybridized carbons (Fsp3) is 0.429. The monoisotopic (exact) mass is 496 g/mol. The largest absolute Gasteiger partial charge is 0.478 e. The molecule has 3 rings (SSSR count). The zero-order chi connectivity index (χ0) is 25.4. The van der Waals surface area contributed by atoms with Crippen molar-refractivity contribution in [3.05, 3.63) is 65.7 Å². The first-order valence-corrected chi connectivity index (χ1v) is 13.4. The van der Waals surface area contributed by atoms with Gasteiger partial charge in [-0.25, -0.2) is 4.79 Å². The lowest BCUT2D eigenvalue weighted by Crippen LogP contribution is -2.58. The van der Waals surface area contributed by atoms with Crippen molar-refractivity contribution in [2.45, 2.75) is 75.8 Å². The topological polar surface area (TPSA) is 87.7 Å². The molecule has 1 amide bonds. The van der Waals surface area contributed by atoms with E-state index in [1.54, 1.807) is 17.8 Å². The zero-order valence-electron chi connectivity index (χ0n) is 20.9. The van der Waals surface area contributed by atoms with Crippen molar-refractivity contribution in [2.75, 3.05) is 6.26 Å². The first-order chi connectivity index (χ1) is 16.8. The second-order valence-corrected chi connectivity index (χ2v) is 9.76. The molecule has 0 radical (unpaired) electrons. The molecule has 188 valence electrons. The molecule has 1 aliphatic rings. The summed E-state index contributed by atoms with van der Waals surface area (Å²) < 4.78 is 6.25. The number of thioether (sulfide) groups is 1. The van der Waals surface area contributed by atoms with Crippen LogP contribution in [0.3, 0.4) is 0 Å². The van der Waals surface area contributed by atoms with Crippen LogP contribution in [0.15, 0.2) is 65.1 Å². The van der Waals surface area contributed by atoms with E-state index in [1.807, 2.05) is 13.8 Å². The molecule has 0 aromatic heterocycles. The van der Waals surface area contributed by atoms with Crippen molar-refractivity contribution in [3.8, 4) is 11.1 Å². The van der Waals surface area contributed by atoms with E-state index in [0.29, 0.717) is 18.5 Å². The summed E-state index contributed by atoms with van der Waals surface area (Å²) in [5.41, 5.74) is 3.70. The minimum absolute atomic E-state index is 0.00108. The van der Waals surface area contributed by atoms with Crippen LogP contribution < -0.4 is 10.6 Å². The molecule has 3 N–H and O–H groups in total. The molecule has 2 aromatic carbocycles. The van der Waals surface area contributed by atoms with E-state index in [9.17, 15) is 14.7 Å². The maximum Gasteiger partial charge on any atom is 0.331 e. The summed E-state index contributed by atoms with van der Waals surface area (Å²) >= 11 is 1.72. The van der Waals surface area contributed by atoms with E-state index >= 15 is 0 Å². The first kappa shape index (κ1) is 27.0. The molecular formula is C28H36N2O4S. The number of rotatable bonds is 11. The fourth-order valence-corrected chi connectivity index (χ4v) is 4.82. The highest BCUT2D eigenvalue weighted by atomic mass is 32.2. The Labute approximate surface area is 212 Å². The number of amides is 1. The summed E-state index contributed by atoms with van der Waals surface area (Å²) in [5, 5.41) is 16.2. The van der Waals surface area contributed by atoms with Crippen LogP contribution in [-0.4, -0.2) is 47.5 Å². The fourth-order valence-electron chi connectivity index (χ4n) is 4.41. The van der Waals surface area contributed by atoms with Crippen LogP contribution in [0.25, 0.3) is 11.1 Å². The number of carbonyl (C=O) groups is 2. The lowest BCUT2D eigenvalue weighted by molar-refractivity contribution is -0.133. The van der Waals surface area contributed by atoms with E-state index in [4.69, 9.17) is 4.74 Å². The lowest BCUT2D eigenvalue weighted by atomic mass is 9.87. The van der Waals surface area contributed by atoms with Crippen LogP contribution in [0.1, 0.15) is 45.6 Å². The third-order valence-electron chi connectivity index (χ3n) is 6.44. The van der Waals surface area contributed by atoms with Gasteiger partial charge in [0.05, 0.1) is 18.2 Å². The van der Waals surface area contributed by atoms with Crippen molar-refractivity contribution >= 4 is 23.6 Å². The summed E-state index contributed by atoms with van der Waals surface area (Å²) in [5.74, 6) is -1.11. The summed E-state index contributed by atoms with van der Waals surface area (Å²) in [6.07, 6.45) is 5.17. The van der Waals surface area contributed by atoms with Gasteiger partial charge in [-0.1, -0.05) is 50.2 Å². The van der Waals surface area contributed by atoms with E-state index in [-0.39, 0.29) is 24.1 Å². The van der Waals surface area contributed by atoms with Gasteiger partial charge in [-0.05, 0) is 60.4 Å². The SMILES string of the molecule is CCC(CC)O[C@@H]1C=C(C(=O)O)C[C@H](NCc2ccc(-c3ccc(SC)cc3)cc2)[C@H]1NC(C)=O. The molecule has 0 heterocycles. The van der Waals surface area contributed by atoms with Crippen molar-refractivity contribution in [2.24, 2.45) is 0 Å². The molecule has 7 heteroatoms. The van der Waals surface area contributed by atoms with E-state index in [0.717, 1.165) is 29.5 Å². The van der Waals surface area contributed by atoms with Gasteiger partial charge < -0.3 is 20.5 Å². The number of aliphatic carboxylic acids is 1. The number of carboxylic acid groups (broad SMARTS) is 1. The Morgan fingerprint density at radius 1 is 1.06 bits per heavy atom. The molecular weight excluding hydrogens is 460 g/mol. The average Bonchev–Trinajstić information content (AvgIpc) is 2.87. The van der Waals surface area contributed by atoms with Gasteiger partial charge in [0.25, 0.3) is 0 Å². The number of ether oxygens (including phenoxy) is 1. The van der Waals surface area contributed by atoms with Crippen LogP contribution >= 0.6 is 11.8 Å². The maximum atomic E-state index is 12.0. The van der Waals surface area contributed by atoms with Gasteiger partial charge in [0.15, 0.2) is 0 Å². The van der Waals surface area contributed by atoms with E-state index < -0.39 is 12.1 Å². The lowest BCUT2D eigenvalue weighted by Gasteiger charge is -2.38. The molecule has 0 saturated heterocycles. The Kier molecular flexibility index (Phi) is 9.95. The van der Waals surface area contributed by atoms with Crippen molar-refractivity contribution in [1.82, 2.24) is 10.6 Å². The van der Waals surface area contributed by atoms with Gasteiger partial charge in [-0.2, -0.15) is 0 Å². The molecule has 0 bridgehead atoms. The van der Waals surface area contributed by atoms with Crippen molar-refractivity contribution in [1.29, 1.82) is 0 Å². The molecule has 0 unspecified atom stereocenters. The van der Waals surface area contributed by atoms with Crippen LogP contribution in [0, 0.1) is 0 Å². The van der Waals surface area contributed by atoms with E-state index in [2.05, 4.69) is 65.4 Å². The Balaban J connectivity index is 1.75. The highest BCUT2D eigenvalue weighted by Crippen LogP contribution is 2.26. The molecule has 3 atom stereocenters. The zero-order valence-corrected chi connectivity index (χ0v) is 21.7. The Bertz CT molecular complexity index is 1020. The number of benzene rings is 2. The van der Waals surface area contributed by atoms with E-state index in [1.165, 1.54) is 11.8 Å². The number of hydrogen-bond donors (Lipinski definition) is 3. The second kappa shape index (κ2) is 12.9. The second-order valence-electron chi connectivity index (χ2n) is 8.88. The number of nitrogens with one attached hydrogen (secondary N) is 2. The predicted octanol–water partition coefficient (Wildman–Crippen LogP) is 5.03. The summed E-state index contributed by atoms with van der Waals surface area (Å²) in [7, 11) is 0. The van der Waals surface area contributed by atoms with Crippen molar-refractivity contribution < 1.29 is 19.4 Å². The highest BCUT2D eigenvalue weighted by Gasteiger charge is 2.37. The van der Waals surface area contributed by atoms with Crippen LogP contribution in [0.5, 0.6) is 0 Å². The average molecular weight is 497 g/mol. The normalized spacial score (nSPS) is 19.9. The molecule has 0 fully saturated rings. The number of hydrogen-bond acceptors (Lipinski definition) is 5. The molecule has 35 heavy (non-hydrogen) atoms. The Hall–Kier alpha value is -2.61. The van der Waals surface area contributed by atoms with Crippen LogP contribution in [-0.2, 0) is 20.9 Å². The molecule has 0 saturated carbocycles. The van der Waals surface area contributed by atoms with Gasteiger partial charge in [0, 0.05) is 30.0 Å². The van der Waals surface area contributed by atoms with Crippen LogP contribution in [0.4, 0.5) is 0 Å². The van der Waals surface area contributed by atoms with Gasteiger partial charge in [0.2, 0.25) is 5.91 Å². The maximum absolute atomic E-state index is 12.0. The highest BCUT2D eigenvalue weighted by molar-refractivity contribution is 7.98. The quantitative estimate of drug-likeness (QED) is 0.378. The number of carboxylic acids is 1. The minimum atomic E-state index is -0.951. The molecule has 2 aromatic rings. The van der Waals surface area contributed by atoms with Crippen molar-refractivity contribution in [3.63, 3.8) is 0 Å². The molecule has 6 nitrogen and oxygen atoms in total. The van der Waals surface area contributed by atoms with Gasteiger partial charge >= 0.3 is 5.97 Å². The Morgan fingerprint density at radius 3 is 2.17 bits per heavy atom. The first-order valence-electron chi connectivity index (χ1n) is 12.2. The standard InChI is InChI=1S/C28H36N2O4S/c1-5-23(6-2)34-26-16-22(28(32)33)15-25(27(26)30-18(3)31)29-17-19-7-9-20(10-8-19)21-11-13-24(35-4)14-12-21/h7-14,16,23,25-27,29H,5-6,15,17H2,1-4H3,(H,30,31)(H,32,33)/t25-,26+,27+/m0/s1.